The number of pyridine rings is 4. The fourth-order valence-electron chi connectivity index (χ4n) is 5.74. The Morgan fingerprint density at radius 2 is 0.800 bits per heavy atom. The zero-order valence-electron chi connectivity index (χ0n) is 23.0. The molecule has 4 aromatic heterocycles. The first-order chi connectivity index (χ1) is 19.4. The SMILES string of the molecule is Cc1cc(C)c2ccc3nc4ccccc4cc3c2n1.Cc1cc(C)c2ccc3nc4ccccc4cc3c2n1. The molecule has 0 saturated heterocycles. The van der Waals surface area contributed by atoms with Gasteiger partial charge in [0.15, 0.2) is 0 Å². The molecule has 192 valence electrons. The largest absolute Gasteiger partial charge is 0.252 e. The Morgan fingerprint density at radius 1 is 0.375 bits per heavy atom. The minimum atomic E-state index is 1.01. The Labute approximate surface area is 232 Å². The number of hydrogen-bond acceptors (Lipinski definition) is 4. The molecule has 4 heterocycles. The number of fused-ring (bicyclic) bond motifs is 8. The maximum atomic E-state index is 4.75. The van der Waals surface area contributed by atoms with E-state index in [0.717, 1.165) is 66.0 Å². The molecule has 8 rings (SSSR count). The highest BCUT2D eigenvalue weighted by atomic mass is 14.7. The summed E-state index contributed by atoms with van der Waals surface area (Å²) >= 11 is 0. The minimum Gasteiger partial charge on any atom is -0.252 e. The number of rotatable bonds is 0. The number of hydrogen-bond donors (Lipinski definition) is 0. The molecule has 8 aromatic rings. The van der Waals surface area contributed by atoms with E-state index in [9.17, 15) is 0 Å². The Kier molecular flexibility index (Phi) is 5.64. The third-order valence-electron chi connectivity index (χ3n) is 7.62. The first-order valence-corrected chi connectivity index (χ1v) is 13.6. The number of aryl methyl sites for hydroxylation is 4. The lowest BCUT2D eigenvalue weighted by atomic mass is 10.0. The zero-order chi connectivity index (χ0) is 27.4. The first kappa shape index (κ1) is 24.1. The molecule has 0 radical (unpaired) electrons. The van der Waals surface area contributed by atoms with Crippen LogP contribution >= 0.6 is 0 Å². The summed E-state index contributed by atoms with van der Waals surface area (Å²) in [5.41, 5.74) is 10.8. The molecule has 40 heavy (non-hydrogen) atoms. The predicted molar refractivity (Wildman–Crippen MR) is 168 cm³/mol. The quantitative estimate of drug-likeness (QED) is 0.149. The van der Waals surface area contributed by atoms with E-state index < -0.39 is 0 Å². The monoisotopic (exact) mass is 516 g/mol. The lowest BCUT2D eigenvalue weighted by molar-refractivity contribution is 1.24. The maximum Gasteiger partial charge on any atom is 0.0802 e. The van der Waals surface area contributed by atoms with Crippen LogP contribution < -0.4 is 0 Å². The Balaban J connectivity index is 0.000000132. The molecule has 0 unspecified atom stereocenters. The van der Waals surface area contributed by atoms with E-state index in [0.29, 0.717) is 0 Å². The van der Waals surface area contributed by atoms with E-state index in [4.69, 9.17) is 19.9 Å². The van der Waals surface area contributed by atoms with Gasteiger partial charge in [-0.15, -0.1) is 0 Å². The summed E-state index contributed by atoms with van der Waals surface area (Å²) in [5.74, 6) is 0. The van der Waals surface area contributed by atoms with Crippen molar-refractivity contribution in [2.24, 2.45) is 0 Å². The normalized spacial score (nSPS) is 11.5. The second-order valence-electron chi connectivity index (χ2n) is 10.6. The summed E-state index contributed by atoms with van der Waals surface area (Å²) in [4.78, 5) is 19.0. The van der Waals surface area contributed by atoms with Gasteiger partial charge in [-0.25, -0.2) is 9.97 Å². The highest BCUT2D eigenvalue weighted by molar-refractivity contribution is 6.09. The summed E-state index contributed by atoms with van der Waals surface area (Å²) in [6.45, 7) is 8.36. The first-order valence-electron chi connectivity index (χ1n) is 13.6. The Bertz CT molecular complexity index is 2100. The van der Waals surface area contributed by atoms with Gasteiger partial charge in [-0.3, -0.25) is 9.97 Å². The second-order valence-corrected chi connectivity index (χ2v) is 10.6. The average molecular weight is 517 g/mol. The standard InChI is InChI=1S/2C18H14N2/c2*1-11-9-12(2)19-18-14(11)7-8-17-15(18)10-13-5-3-4-6-16(13)20-17/h2*3-10H,1-2H3. The van der Waals surface area contributed by atoms with Crippen LogP contribution in [0.4, 0.5) is 0 Å². The molecule has 0 aliphatic carbocycles. The second kappa shape index (κ2) is 9.35. The molecule has 4 aromatic carbocycles. The van der Waals surface area contributed by atoms with Gasteiger partial charge in [0.1, 0.15) is 0 Å². The van der Waals surface area contributed by atoms with Crippen LogP contribution in [0.3, 0.4) is 0 Å². The van der Waals surface area contributed by atoms with E-state index in [-0.39, 0.29) is 0 Å². The van der Waals surface area contributed by atoms with Gasteiger partial charge in [0.2, 0.25) is 0 Å². The molecule has 0 aliphatic heterocycles. The molecule has 4 heteroatoms. The van der Waals surface area contributed by atoms with Crippen molar-refractivity contribution in [2.45, 2.75) is 27.7 Å². The summed E-state index contributed by atoms with van der Waals surface area (Å²) in [6, 6.07) is 33.5. The van der Waals surface area contributed by atoms with Gasteiger partial charge >= 0.3 is 0 Å². The molecule has 0 amide bonds. The van der Waals surface area contributed by atoms with Gasteiger partial charge in [0, 0.05) is 43.7 Å². The van der Waals surface area contributed by atoms with E-state index in [2.05, 4.69) is 74.5 Å². The number of nitrogens with zero attached hydrogens (tertiary/aromatic N) is 4. The van der Waals surface area contributed by atoms with Crippen LogP contribution in [-0.2, 0) is 0 Å². The summed E-state index contributed by atoms with van der Waals surface area (Å²) in [7, 11) is 0. The van der Waals surface area contributed by atoms with Crippen molar-refractivity contribution >= 4 is 65.4 Å². The van der Waals surface area contributed by atoms with Crippen LogP contribution in [0.1, 0.15) is 22.5 Å². The highest BCUT2D eigenvalue weighted by Gasteiger charge is 2.09. The van der Waals surface area contributed by atoms with Crippen molar-refractivity contribution in [3.05, 3.63) is 120 Å². The molecule has 0 spiro atoms. The third-order valence-corrected chi connectivity index (χ3v) is 7.62. The average Bonchev–Trinajstić information content (AvgIpc) is 2.95. The van der Waals surface area contributed by atoms with Crippen LogP contribution in [0.5, 0.6) is 0 Å². The fraction of sp³-hybridized carbons (Fsp3) is 0.111. The highest BCUT2D eigenvalue weighted by Crippen LogP contribution is 2.29. The maximum absolute atomic E-state index is 4.75. The van der Waals surface area contributed by atoms with Crippen molar-refractivity contribution in [1.29, 1.82) is 0 Å². The number of aromatic nitrogens is 4. The lowest BCUT2D eigenvalue weighted by Gasteiger charge is -2.08. The fourth-order valence-corrected chi connectivity index (χ4v) is 5.74. The minimum absolute atomic E-state index is 1.01. The molecule has 0 atom stereocenters. The van der Waals surface area contributed by atoms with E-state index in [1.54, 1.807) is 0 Å². The van der Waals surface area contributed by atoms with E-state index in [1.165, 1.54) is 21.9 Å². The molecule has 0 fully saturated rings. The van der Waals surface area contributed by atoms with E-state index in [1.807, 2.05) is 50.2 Å². The van der Waals surface area contributed by atoms with Gasteiger partial charge in [-0.05, 0) is 87.4 Å². The van der Waals surface area contributed by atoms with Crippen molar-refractivity contribution in [3.63, 3.8) is 0 Å². The van der Waals surface area contributed by atoms with Gasteiger partial charge in [0.25, 0.3) is 0 Å². The molecular weight excluding hydrogens is 488 g/mol. The van der Waals surface area contributed by atoms with Gasteiger partial charge in [-0.2, -0.15) is 0 Å². The van der Waals surface area contributed by atoms with Crippen molar-refractivity contribution < 1.29 is 0 Å². The van der Waals surface area contributed by atoms with Gasteiger partial charge in [-0.1, -0.05) is 48.5 Å². The lowest BCUT2D eigenvalue weighted by Crippen LogP contribution is -1.90. The van der Waals surface area contributed by atoms with Crippen molar-refractivity contribution in [3.8, 4) is 0 Å². The van der Waals surface area contributed by atoms with Crippen LogP contribution in [0.15, 0.2) is 97.1 Å². The smallest absolute Gasteiger partial charge is 0.0802 e. The van der Waals surface area contributed by atoms with Crippen LogP contribution in [-0.4, -0.2) is 19.9 Å². The summed E-state index contributed by atoms with van der Waals surface area (Å²) < 4.78 is 0. The van der Waals surface area contributed by atoms with Gasteiger partial charge in [0.05, 0.1) is 33.1 Å². The molecular formula is C36H28N4. The topological polar surface area (TPSA) is 51.6 Å². The molecule has 4 nitrogen and oxygen atoms in total. The molecule has 0 saturated carbocycles. The van der Waals surface area contributed by atoms with Crippen molar-refractivity contribution in [1.82, 2.24) is 19.9 Å². The zero-order valence-corrected chi connectivity index (χ0v) is 23.0. The van der Waals surface area contributed by atoms with Crippen LogP contribution in [0, 0.1) is 27.7 Å². The molecule has 0 aliphatic rings. The van der Waals surface area contributed by atoms with Gasteiger partial charge < -0.3 is 0 Å². The number of benzene rings is 4. The third kappa shape index (κ3) is 4.09. The summed E-state index contributed by atoms with van der Waals surface area (Å²) in [6.07, 6.45) is 0. The number of para-hydroxylation sites is 2. The van der Waals surface area contributed by atoms with Crippen LogP contribution in [0.2, 0.25) is 0 Å². The summed E-state index contributed by atoms with van der Waals surface area (Å²) in [5, 5.41) is 7.00. The Morgan fingerprint density at radius 3 is 1.25 bits per heavy atom. The Hall–Kier alpha value is -4.96. The predicted octanol–water partition coefficient (Wildman–Crippen LogP) is 9.11. The van der Waals surface area contributed by atoms with E-state index >= 15 is 0 Å². The molecule has 0 N–H and O–H groups in total. The van der Waals surface area contributed by atoms with Crippen LogP contribution in [0.25, 0.3) is 65.4 Å². The molecule has 0 bridgehead atoms. The van der Waals surface area contributed by atoms with Crippen molar-refractivity contribution in [2.75, 3.05) is 0 Å².